The highest BCUT2D eigenvalue weighted by atomic mass is 32.2. The van der Waals surface area contributed by atoms with E-state index >= 15 is 0 Å². The number of methoxy groups -OCH3 is 1. The Bertz CT molecular complexity index is 700. The second kappa shape index (κ2) is 6.41. The van der Waals surface area contributed by atoms with Gasteiger partial charge < -0.3 is 14.2 Å². The summed E-state index contributed by atoms with van der Waals surface area (Å²) in [5, 5.41) is 0. The van der Waals surface area contributed by atoms with Gasteiger partial charge in [0.15, 0.2) is 11.5 Å². The Morgan fingerprint density at radius 1 is 1.39 bits per heavy atom. The van der Waals surface area contributed by atoms with Gasteiger partial charge in [-0.1, -0.05) is 37.8 Å². The van der Waals surface area contributed by atoms with Crippen LogP contribution in [0.2, 0.25) is 0 Å². The Labute approximate surface area is 144 Å². The molecule has 0 aromatic heterocycles. The quantitative estimate of drug-likeness (QED) is 0.613. The highest BCUT2D eigenvalue weighted by molar-refractivity contribution is 8.26. The highest BCUT2D eigenvalue weighted by Crippen LogP contribution is 2.41. The summed E-state index contributed by atoms with van der Waals surface area (Å²) in [7, 11) is 1.58. The average Bonchev–Trinajstić information content (AvgIpc) is 3.06. The molecule has 1 aromatic carbocycles. The molecule has 1 aromatic rings. The van der Waals surface area contributed by atoms with Crippen LogP contribution in [0.3, 0.4) is 0 Å². The summed E-state index contributed by atoms with van der Waals surface area (Å²) >= 11 is 6.63. The van der Waals surface area contributed by atoms with Gasteiger partial charge in [0.2, 0.25) is 6.79 Å². The molecule has 7 heteroatoms. The van der Waals surface area contributed by atoms with Crippen LogP contribution >= 0.6 is 24.0 Å². The third-order valence-corrected chi connectivity index (χ3v) is 4.81. The van der Waals surface area contributed by atoms with Crippen molar-refractivity contribution in [2.24, 2.45) is 5.92 Å². The number of fused-ring (bicyclic) bond motifs is 1. The second-order valence-electron chi connectivity index (χ2n) is 5.63. The monoisotopic (exact) mass is 351 g/mol. The number of ether oxygens (including phenoxy) is 3. The zero-order valence-corrected chi connectivity index (χ0v) is 14.8. The molecule has 2 heterocycles. The minimum Gasteiger partial charge on any atom is -0.496 e. The molecule has 0 saturated carbocycles. The van der Waals surface area contributed by atoms with E-state index in [4.69, 9.17) is 26.4 Å². The molecule has 1 saturated heterocycles. The van der Waals surface area contributed by atoms with E-state index < -0.39 is 0 Å². The first-order chi connectivity index (χ1) is 11.0. The topological polar surface area (TPSA) is 48.0 Å². The van der Waals surface area contributed by atoms with E-state index in [9.17, 15) is 4.79 Å². The Hall–Kier alpha value is -1.73. The van der Waals surface area contributed by atoms with Gasteiger partial charge in [0.1, 0.15) is 10.1 Å². The van der Waals surface area contributed by atoms with Crippen LogP contribution in [0.5, 0.6) is 17.2 Å². The second-order valence-corrected chi connectivity index (χ2v) is 7.31. The van der Waals surface area contributed by atoms with E-state index in [-0.39, 0.29) is 12.7 Å². The van der Waals surface area contributed by atoms with Gasteiger partial charge in [-0.15, -0.1) is 0 Å². The summed E-state index contributed by atoms with van der Waals surface area (Å²) in [6.45, 7) is 4.94. The van der Waals surface area contributed by atoms with E-state index in [0.717, 1.165) is 5.56 Å². The van der Waals surface area contributed by atoms with Crippen LogP contribution in [-0.4, -0.2) is 35.6 Å². The van der Waals surface area contributed by atoms with E-state index in [1.807, 2.05) is 6.07 Å². The third kappa shape index (κ3) is 3.16. The molecule has 0 radical (unpaired) electrons. The lowest BCUT2D eigenvalue weighted by molar-refractivity contribution is -0.122. The van der Waals surface area contributed by atoms with Crippen molar-refractivity contribution >= 4 is 40.3 Å². The number of rotatable bonds is 4. The Kier molecular flexibility index (Phi) is 4.50. The fraction of sp³-hybridized carbons (Fsp3) is 0.375. The predicted molar refractivity (Wildman–Crippen MR) is 93.8 cm³/mol. The number of amides is 1. The maximum atomic E-state index is 12.5. The van der Waals surface area contributed by atoms with E-state index in [1.165, 1.54) is 11.8 Å². The SMILES string of the molecule is COc1cc2c(cc1C=C1SC(=S)N(CC(C)C)C1=O)OCO2. The van der Waals surface area contributed by atoms with Crippen molar-refractivity contribution in [3.63, 3.8) is 0 Å². The molecule has 2 aliphatic heterocycles. The number of benzene rings is 1. The van der Waals surface area contributed by atoms with E-state index in [2.05, 4.69) is 13.8 Å². The highest BCUT2D eigenvalue weighted by Gasteiger charge is 2.32. The minimum absolute atomic E-state index is 0.0616. The fourth-order valence-electron chi connectivity index (χ4n) is 2.39. The Balaban J connectivity index is 1.93. The van der Waals surface area contributed by atoms with Crippen LogP contribution in [0.15, 0.2) is 17.0 Å². The van der Waals surface area contributed by atoms with E-state index in [1.54, 1.807) is 24.2 Å². The molecular formula is C16H17NO4S2. The molecule has 0 bridgehead atoms. The summed E-state index contributed by atoms with van der Waals surface area (Å²) in [4.78, 5) is 14.8. The van der Waals surface area contributed by atoms with Crippen LogP contribution < -0.4 is 14.2 Å². The van der Waals surface area contributed by atoms with Crippen molar-refractivity contribution in [3.8, 4) is 17.2 Å². The van der Waals surface area contributed by atoms with Crippen LogP contribution in [0.1, 0.15) is 19.4 Å². The van der Waals surface area contributed by atoms with E-state index in [0.29, 0.717) is 38.9 Å². The molecule has 0 spiro atoms. The lowest BCUT2D eigenvalue weighted by Crippen LogP contribution is -2.31. The molecule has 122 valence electrons. The van der Waals surface area contributed by atoms with Crippen molar-refractivity contribution in [3.05, 3.63) is 22.6 Å². The predicted octanol–water partition coefficient (Wildman–Crippen LogP) is 3.28. The molecule has 2 aliphatic rings. The van der Waals surface area contributed by atoms with Gasteiger partial charge in [-0.3, -0.25) is 9.69 Å². The maximum Gasteiger partial charge on any atom is 0.266 e. The first kappa shape index (κ1) is 16.1. The van der Waals surface area contributed by atoms with Gasteiger partial charge in [0, 0.05) is 18.2 Å². The van der Waals surface area contributed by atoms with Crippen molar-refractivity contribution in [1.82, 2.24) is 4.90 Å². The molecule has 0 N–H and O–H groups in total. The maximum absolute atomic E-state index is 12.5. The number of thiocarbonyl (C=S) groups is 1. The number of carbonyl (C=O) groups excluding carboxylic acids is 1. The summed E-state index contributed by atoms with van der Waals surface area (Å²) in [6.07, 6.45) is 1.79. The molecule has 0 unspecified atom stereocenters. The van der Waals surface area contributed by atoms with Gasteiger partial charge >= 0.3 is 0 Å². The number of carbonyl (C=O) groups is 1. The average molecular weight is 351 g/mol. The van der Waals surface area contributed by atoms with Crippen molar-refractivity contribution in [1.29, 1.82) is 0 Å². The standard InChI is InChI=1S/C16H17NO4S2/c1-9(2)7-17-15(18)14(23-16(17)22)5-10-4-12-13(21-8-20-12)6-11(10)19-3/h4-6,9H,7-8H2,1-3H3. The molecule has 3 rings (SSSR count). The van der Waals surface area contributed by atoms with Crippen molar-refractivity contribution < 1.29 is 19.0 Å². The Morgan fingerprint density at radius 3 is 2.74 bits per heavy atom. The number of hydrogen-bond acceptors (Lipinski definition) is 6. The lowest BCUT2D eigenvalue weighted by Gasteiger charge is -2.16. The largest absolute Gasteiger partial charge is 0.496 e. The smallest absolute Gasteiger partial charge is 0.266 e. The van der Waals surface area contributed by atoms with Gasteiger partial charge in [-0.25, -0.2) is 0 Å². The summed E-state index contributed by atoms with van der Waals surface area (Å²) in [6, 6.07) is 3.58. The molecular weight excluding hydrogens is 334 g/mol. The van der Waals surface area contributed by atoms with Crippen molar-refractivity contribution in [2.45, 2.75) is 13.8 Å². The minimum atomic E-state index is -0.0616. The molecule has 0 aliphatic carbocycles. The number of hydrogen-bond donors (Lipinski definition) is 0. The summed E-state index contributed by atoms with van der Waals surface area (Å²) < 4.78 is 16.7. The van der Waals surface area contributed by atoms with Gasteiger partial charge in [-0.05, 0) is 18.1 Å². The van der Waals surface area contributed by atoms with Gasteiger partial charge in [0.05, 0.1) is 12.0 Å². The number of nitrogens with zero attached hydrogens (tertiary/aromatic N) is 1. The normalized spacial score (nSPS) is 18.4. The van der Waals surface area contributed by atoms with Crippen LogP contribution in [0, 0.1) is 5.92 Å². The fourth-order valence-corrected chi connectivity index (χ4v) is 3.66. The first-order valence-corrected chi connectivity index (χ1v) is 8.45. The molecule has 23 heavy (non-hydrogen) atoms. The molecule has 5 nitrogen and oxygen atoms in total. The van der Waals surface area contributed by atoms with Crippen molar-refractivity contribution in [2.75, 3.05) is 20.4 Å². The Morgan fingerprint density at radius 2 is 2.09 bits per heavy atom. The first-order valence-electron chi connectivity index (χ1n) is 7.22. The third-order valence-electron chi connectivity index (χ3n) is 3.43. The summed E-state index contributed by atoms with van der Waals surface area (Å²) in [5.74, 6) is 2.22. The molecule has 1 fully saturated rings. The molecule has 1 amide bonds. The molecule has 0 atom stereocenters. The number of thioether (sulfide) groups is 1. The van der Waals surface area contributed by atoms with Gasteiger partial charge in [0.25, 0.3) is 5.91 Å². The zero-order chi connectivity index (χ0) is 16.6. The van der Waals surface area contributed by atoms with Crippen LogP contribution in [0.25, 0.3) is 6.08 Å². The zero-order valence-electron chi connectivity index (χ0n) is 13.1. The van der Waals surface area contributed by atoms with Gasteiger partial charge in [-0.2, -0.15) is 0 Å². The lowest BCUT2D eigenvalue weighted by atomic mass is 10.1. The summed E-state index contributed by atoms with van der Waals surface area (Å²) in [5.41, 5.74) is 0.766. The van der Waals surface area contributed by atoms with Crippen LogP contribution in [-0.2, 0) is 4.79 Å². The van der Waals surface area contributed by atoms with Crippen LogP contribution in [0.4, 0.5) is 0 Å².